The van der Waals surface area contributed by atoms with Crippen molar-refractivity contribution < 1.29 is 9.84 Å². The van der Waals surface area contributed by atoms with Crippen molar-refractivity contribution >= 4 is 0 Å². The van der Waals surface area contributed by atoms with Crippen LogP contribution < -0.4 is 0 Å². The highest BCUT2D eigenvalue weighted by Gasteiger charge is 2.33. The molecular formula is C16H28N4O2. The average Bonchev–Trinajstić information content (AvgIpc) is 3.07. The highest BCUT2D eigenvalue weighted by Crippen LogP contribution is 2.27. The Morgan fingerprint density at radius 3 is 2.91 bits per heavy atom. The first-order valence-electron chi connectivity index (χ1n) is 8.49. The Balaban J connectivity index is 1.59. The summed E-state index contributed by atoms with van der Waals surface area (Å²) in [6.45, 7) is 7.33. The summed E-state index contributed by atoms with van der Waals surface area (Å²) in [4.78, 5) is 12.4. The number of likely N-dealkylation sites (tertiary alicyclic amines) is 1. The van der Waals surface area contributed by atoms with E-state index in [1.165, 1.54) is 12.1 Å². The number of imidazole rings is 1. The second-order valence-corrected chi connectivity index (χ2v) is 6.44. The third-order valence-electron chi connectivity index (χ3n) is 4.97. The number of H-pyrrole nitrogens is 1. The van der Waals surface area contributed by atoms with E-state index in [0.29, 0.717) is 18.6 Å². The smallest absolute Gasteiger partial charge is 0.0922 e. The summed E-state index contributed by atoms with van der Waals surface area (Å²) in [5.74, 6) is 0.641. The number of aromatic nitrogens is 2. The largest absolute Gasteiger partial charge is 0.396 e. The number of nitrogens with one attached hydrogen (secondary N) is 1. The molecule has 0 radical (unpaired) electrons. The lowest BCUT2D eigenvalue weighted by atomic mass is 9.86. The monoisotopic (exact) mass is 308 g/mol. The van der Waals surface area contributed by atoms with Gasteiger partial charge in [0.25, 0.3) is 0 Å². The first-order chi connectivity index (χ1) is 10.9. The van der Waals surface area contributed by atoms with Crippen LogP contribution in [0.15, 0.2) is 12.5 Å². The van der Waals surface area contributed by atoms with Crippen LogP contribution in [0.3, 0.4) is 0 Å². The van der Waals surface area contributed by atoms with Crippen LogP contribution in [-0.2, 0) is 11.3 Å². The van der Waals surface area contributed by atoms with Gasteiger partial charge in [0.05, 0.1) is 19.5 Å². The number of nitrogens with zero attached hydrogens (tertiary/aromatic N) is 3. The maximum absolute atomic E-state index is 9.21. The van der Waals surface area contributed by atoms with E-state index < -0.39 is 0 Å². The zero-order chi connectivity index (χ0) is 15.2. The molecule has 124 valence electrons. The van der Waals surface area contributed by atoms with Crippen molar-refractivity contribution in [3.05, 3.63) is 18.2 Å². The SMILES string of the molecule is OCCC[C@@H]1CN(Cc2cnc[nH]2)CC[C@@H]1N1CCOCC1. The molecule has 0 bridgehead atoms. The molecule has 1 aromatic heterocycles. The van der Waals surface area contributed by atoms with E-state index in [4.69, 9.17) is 4.74 Å². The van der Waals surface area contributed by atoms with Crippen molar-refractivity contribution in [3.63, 3.8) is 0 Å². The number of aliphatic hydroxyl groups is 1. The molecule has 2 aliphatic rings. The molecule has 2 atom stereocenters. The molecule has 0 saturated carbocycles. The first-order valence-corrected chi connectivity index (χ1v) is 8.49. The molecule has 6 nitrogen and oxygen atoms in total. The minimum Gasteiger partial charge on any atom is -0.396 e. The van der Waals surface area contributed by atoms with Crippen LogP contribution in [0.25, 0.3) is 0 Å². The summed E-state index contributed by atoms with van der Waals surface area (Å²) in [5.41, 5.74) is 1.19. The van der Waals surface area contributed by atoms with Crippen LogP contribution in [0.5, 0.6) is 0 Å². The Kier molecular flexibility index (Phi) is 5.83. The van der Waals surface area contributed by atoms with Gasteiger partial charge in [-0.3, -0.25) is 9.80 Å². The number of morpholine rings is 1. The summed E-state index contributed by atoms with van der Waals surface area (Å²) in [7, 11) is 0. The fraction of sp³-hybridized carbons (Fsp3) is 0.812. The average molecular weight is 308 g/mol. The van der Waals surface area contributed by atoms with Crippen LogP contribution in [0.1, 0.15) is 25.0 Å². The fourth-order valence-corrected chi connectivity index (χ4v) is 3.88. The highest BCUT2D eigenvalue weighted by atomic mass is 16.5. The fourth-order valence-electron chi connectivity index (χ4n) is 3.88. The van der Waals surface area contributed by atoms with Gasteiger partial charge < -0.3 is 14.8 Å². The molecule has 2 N–H and O–H groups in total. The predicted molar refractivity (Wildman–Crippen MR) is 84.5 cm³/mol. The van der Waals surface area contributed by atoms with E-state index in [9.17, 15) is 5.11 Å². The van der Waals surface area contributed by atoms with Crippen molar-refractivity contribution in [2.24, 2.45) is 5.92 Å². The Labute approximate surface area is 132 Å². The van der Waals surface area contributed by atoms with Gasteiger partial charge in [0.2, 0.25) is 0 Å². The number of ether oxygens (including phenoxy) is 1. The van der Waals surface area contributed by atoms with Crippen molar-refractivity contribution in [2.75, 3.05) is 46.0 Å². The summed E-state index contributed by atoms with van der Waals surface area (Å²) in [6, 6.07) is 0.647. The molecular weight excluding hydrogens is 280 g/mol. The van der Waals surface area contributed by atoms with Crippen molar-refractivity contribution in [3.8, 4) is 0 Å². The summed E-state index contributed by atoms with van der Waals surface area (Å²) >= 11 is 0. The summed E-state index contributed by atoms with van der Waals surface area (Å²) in [5, 5.41) is 9.21. The van der Waals surface area contributed by atoms with Crippen LogP contribution in [0.2, 0.25) is 0 Å². The minimum atomic E-state index is 0.298. The van der Waals surface area contributed by atoms with E-state index in [0.717, 1.165) is 58.8 Å². The zero-order valence-electron chi connectivity index (χ0n) is 13.3. The molecule has 3 rings (SSSR count). The van der Waals surface area contributed by atoms with Gasteiger partial charge in [-0.25, -0.2) is 4.98 Å². The quantitative estimate of drug-likeness (QED) is 0.810. The third-order valence-corrected chi connectivity index (χ3v) is 4.97. The molecule has 22 heavy (non-hydrogen) atoms. The van der Waals surface area contributed by atoms with Gasteiger partial charge in [-0.1, -0.05) is 0 Å². The molecule has 0 unspecified atom stereocenters. The van der Waals surface area contributed by atoms with Crippen LogP contribution in [0.4, 0.5) is 0 Å². The van der Waals surface area contributed by atoms with Crippen molar-refractivity contribution in [1.29, 1.82) is 0 Å². The molecule has 0 amide bonds. The van der Waals surface area contributed by atoms with Gasteiger partial charge >= 0.3 is 0 Å². The minimum absolute atomic E-state index is 0.298. The van der Waals surface area contributed by atoms with E-state index in [-0.39, 0.29) is 0 Å². The Hall–Kier alpha value is -0.950. The lowest BCUT2D eigenvalue weighted by Crippen LogP contribution is -2.53. The van der Waals surface area contributed by atoms with Crippen LogP contribution in [-0.4, -0.2) is 76.9 Å². The maximum Gasteiger partial charge on any atom is 0.0922 e. The van der Waals surface area contributed by atoms with Crippen LogP contribution >= 0.6 is 0 Å². The molecule has 2 saturated heterocycles. The van der Waals surface area contributed by atoms with E-state index in [2.05, 4.69) is 19.8 Å². The summed E-state index contributed by atoms with van der Waals surface area (Å²) < 4.78 is 5.50. The Morgan fingerprint density at radius 2 is 2.18 bits per heavy atom. The van der Waals surface area contributed by atoms with Gasteiger partial charge in [-0.2, -0.15) is 0 Å². The van der Waals surface area contributed by atoms with Gasteiger partial charge in [0.1, 0.15) is 0 Å². The zero-order valence-corrected chi connectivity index (χ0v) is 13.3. The number of rotatable bonds is 6. The highest BCUT2D eigenvalue weighted by molar-refractivity contribution is 4.96. The molecule has 2 fully saturated rings. The lowest BCUT2D eigenvalue weighted by molar-refractivity contribution is -0.0232. The number of aromatic amines is 1. The molecule has 6 heteroatoms. The van der Waals surface area contributed by atoms with E-state index >= 15 is 0 Å². The standard InChI is InChI=1S/C16H28N4O2/c21-7-1-2-14-11-19(12-15-10-17-13-18-15)4-3-16(14)20-5-8-22-9-6-20/h10,13-14,16,21H,1-9,11-12H2,(H,17,18)/t14-,16+/m1/s1. The maximum atomic E-state index is 9.21. The number of aliphatic hydroxyl groups excluding tert-OH is 1. The molecule has 1 aromatic rings. The molecule has 3 heterocycles. The molecule has 0 aliphatic carbocycles. The van der Waals surface area contributed by atoms with Gasteiger partial charge in [-0.15, -0.1) is 0 Å². The van der Waals surface area contributed by atoms with Gasteiger partial charge in [0, 0.05) is 57.3 Å². The normalized spacial score (nSPS) is 28.0. The number of hydrogen-bond acceptors (Lipinski definition) is 5. The number of piperidine rings is 1. The van der Waals surface area contributed by atoms with Gasteiger partial charge in [-0.05, 0) is 25.2 Å². The van der Waals surface area contributed by atoms with E-state index in [1.54, 1.807) is 6.33 Å². The van der Waals surface area contributed by atoms with Crippen LogP contribution in [0, 0.1) is 5.92 Å². The predicted octanol–water partition coefficient (Wildman–Crippen LogP) is 0.705. The van der Waals surface area contributed by atoms with Crippen molar-refractivity contribution in [1.82, 2.24) is 19.8 Å². The molecule has 0 spiro atoms. The van der Waals surface area contributed by atoms with E-state index in [1.807, 2.05) is 6.20 Å². The third kappa shape index (κ3) is 4.07. The molecule has 2 aliphatic heterocycles. The molecule has 0 aromatic carbocycles. The first kappa shape index (κ1) is 15.9. The Morgan fingerprint density at radius 1 is 1.32 bits per heavy atom. The second kappa shape index (κ2) is 8.06. The lowest BCUT2D eigenvalue weighted by Gasteiger charge is -2.45. The van der Waals surface area contributed by atoms with Gasteiger partial charge in [0.15, 0.2) is 0 Å². The number of hydrogen-bond donors (Lipinski definition) is 2. The summed E-state index contributed by atoms with van der Waals surface area (Å²) in [6.07, 6.45) is 6.89. The topological polar surface area (TPSA) is 64.6 Å². The second-order valence-electron chi connectivity index (χ2n) is 6.44. The Bertz CT molecular complexity index is 420. The van der Waals surface area contributed by atoms with Crippen molar-refractivity contribution in [2.45, 2.75) is 31.8 Å².